The van der Waals surface area contributed by atoms with E-state index in [1.807, 2.05) is 0 Å². The lowest BCUT2D eigenvalue weighted by atomic mass is 10.3. The van der Waals surface area contributed by atoms with Gasteiger partial charge in [0.15, 0.2) is 7.37 Å². The summed E-state index contributed by atoms with van der Waals surface area (Å²) in [4.78, 5) is 28.9. The number of aliphatic carboxylic acids is 1. The van der Waals surface area contributed by atoms with Gasteiger partial charge in [0.05, 0.1) is 0 Å². The van der Waals surface area contributed by atoms with Crippen LogP contribution in [-0.4, -0.2) is 34.6 Å². The predicted octanol–water partition coefficient (Wildman–Crippen LogP) is 0.0924. The molecule has 0 saturated carbocycles. The van der Waals surface area contributed by atoms with Crippen molar-refractivity contribution >= 4 is 19.1 Å². The van der Waals surface area contributed by atoms with Crippen LogP contribution in [0.15, 0.2) is 0 Å². The molecule has 1 unspecified atom stereocenters. The molecule has 0 bridgehead atoms. The summed E-state index contributed by atoms with van der Waals surface area (Å²) in [5.41, 5.74) is 0. The van der Waals surface area contributed by atoms with Crippen LogP contribution in [0.2, 0.25) is 0 Å². The molecule has 6 nitrogen and oxygen atoms in total. The van der Waals surface area contributed by atoms with E-state index in [4.69, 9.17) is 10.00 Å². The molecule has 12 heavy (non-hydrogen) atoms. The third-order valence-electron chi connectivity index (χ3n) is 0.992. The monoisotopic (exact) mass is 197 g/mol. The lowest BCUT2D eigenvalue weighted by Gasteiger charge is -2.00. The first-order valence-electron chi connectivity index (χ1n) is 2.88. The number of hydrogen-bond acceptors (Lipinski definition) is 4. The molecule has 0 fully saturated rings. The minimum absolute atomic E-state index is 0. The average Bonchev–Trinajstić information content (AvgIpc) is 1.80. The van der Waals surface area contributed by atoms with Crippen LogP contribution in [0.5, 0.6) is 0 Å². The summed E-state index contributed by atoms with van der Waals surface area (Å²) in [6, 6.07) is 0. The Bertz CT molecular complexity index is 220. The number of ketones is 1. The van der Waals surface area contributed by atoms with Crippen molar-refractivity contribution in [3.63, 3.8) is 0 Å². The summed E-state index contributed by atoms with van der Waals surface area (Å²) in [6.45, 7) is 1.09. The van der Waals surface area contributed by atoms with E-state index in [2.05, 4.69) is 0 Å². The molecule has 0 heterocycles. The van der Waals surface area contributed by atoms with E-state index >= 15 is 0 Å². The summed E-state index contributed by atoms with van der Waals surface area (Å²) >= 11 is 0. The second-order valence-corrected chi connectivity index (χ2v) is 4.80. The van der Waals surface area contributed by atoms with Gasteiger partial charge in [-0.25, -0.2) is 4.79 Å². The lowest BCUT2D eigenvalue weighted by molar-refractivity contribution is -0.148. The Morgan fingerprint density at radius 1 is 1.42 bits per heavy atom. The van der Waals surface area contributed by atoms with Gasteiger partial charge in [0, 0.05) is 19.2 Å². The van der Waals surface area contributed by atoms with Crippen molar-refractivity contribution in [3.8, 4) is 0 Å². The van der Waals surface area contributed by atoms with Gasteiger partial charge in [0.25, 0.3) is 0 Å². The molecule has 0 aromatic rings. The van der Waals surface area contributed by atoms with Crippen molar-refractivity contribution in [2.24, 2.45) is 0 Å². The van der Waals surface area contributed by atoms with Gasteiger partial charge in [-0.1, -0.05) is 0 Å². The minimum Gasteiger partial charge on any atom is -0.476 e. The minimum atomic E-state index is -3.24. The highest BCUT2D eigenvalue weighted by Crippen LogP contribution is 2.35. The number of carboxylic acids is 1. The van der Waals surface area contributed by atoms with E-state index in [1.54, 1.807) is 0 Å². The zero-order valence-electron chi connectivity index (χ0n) is 6.69. The second kappa shape index (κ2) is 5.03. The summed E-state index contributed by atoms with van der Waals surface area (Å²) < 4.78 is 10.6. The standard InChI is InChI=1S/C5H9O5P.H3N/c1-11(9,10)3-2-4(6)5(7)8;/h2-3H2,1H3,(H,7,8)(H,9,10);1H3. The largest absolute Gasteiger partial charge is 0.476 e. The Hall–Kier alpha value is -0.710. The first-order valence-corrected chi connectivity index (χ1v) is 5.17. The highest BCUT2D eigenvalue weighted by molar-refractivity contribution is 7.57. The Morgan fingerprint density at radius 3 is 2.08 bits per heavy atom. The molecule has 7 heteroatoms. The van der Waals surface area contributed by atoms with Crippen LogP contribution in [0.25, 0.3) is 0 Å². The number of rotatable bonds is 4. The van der Waals surface area contributed by atoms with E-state index in [9.17, 15) is 14.2 Å². The van der Waals surface area contributed by atoms with E-state index < -0.39 is 19.1 Å². The van der Waals surface area contributed by atoms with Crippen LogP contribution in [0.3, 0.4) is 0 Å². The van der Waals surface area contributed by atoms with E-state index in [1.165, 1.54) is 0 Å². The molecule has 0 aromatic heterocycles. The van der Waals surface area contributed by atoms with Gasteiger partial charge in [-0.15, -0.1) is 0 Å². The Labute approximate surface area is 69.6 Å². The SMILES string of the molecule is CP(=O)(O)CCC(=O)C(=O)O.N. The molecule has 1 atom stereocenters. The van der Waals surface area contributed by atoms with Crippen molar-refractivity contribution in [2.75, 3.05) is 12.8 Å². The molecule has 0 spiro atoms. The van der Waals surface area contributed by atoms with E-state index in [0.29, 0.717) is 0 Å². The fourth-order valence-electron chi connectivity index (χ4n) is 0.416. The van der Waals surface area contributed by atoms with Crippen molar-refractivity contribution in [1.29, 1.82) is 0 Å². The third kappa shape index (κ3) is 7.40. The van der Waals surface area contributed by atoms with Gasteiger partial charge in [0.2, 0.25) is 5.78 Å². The van der Waals surface area contributed by atoms with E-state index in [0.717, 1.165) is 6.66 Å². The number of hydrogen-bond donors (Lipinski definition) is 3. The van der Waals surface area contributed by atoms with Gasteiger partial charge in [0.1, 0.15) is 0 Å². The molecule has 0 aliphatic heterocycles. The maximum absolute atomic E-state index is 10.6. The number of carbonyl (C=O) groups excluding carboxylic acids is 1. The second-order valence-electron chi connectivity index (χ2n) is 2.25. The zero-order chi connectivity index (χ0) is 9.07. The third-order valence-corrected chi connectivity index (χ3v) is 2.05. The average molecular weight is 197 g/mol. The topological polar surface area (TPSA) is 127 Å². The Balaban J connectivity index is 0. The van der Waals surface area contributed by atoms with E-state index in [-0.39, 0.29) is 18.7 Å². The summed E-state index contributed by atoms with van der Waals surface area (Å²) in [5.74, 6) is -2.58. The summed E-state index contributed by atoms with van der Waals surface area (Å²) in [7, 11) is -3.24. The van der Waals surface area contributed by atoms with Crippen molar-refractivity contribution in [2.45, 2.75) is 6.42 Å². The smallest absolute Gasteiger partial charge is 0.372 e. The number of carboxylic acid groups (broad SMARTS) is 1. The van der Waals surface area contributed by atoms with Gasteiger partial charge in [-0.2, -0.15) is 0 Å². The summed E-state index contributed by atoms with van der Waals surface area (Å²) in [6.07, 6.45) is -0.641. The quantitative estimate of drug-likeness (QED) is 0.433. The van der Waals surface area contributed by atoms with Crippen LogP contribution in [0, 0.1) is 0 Å². The van der Waals surface area contributed by atoms with Crippen molar-refractivity contribution in [1.82, 2.24) is 6.15 Å². The van der Waals surface area contributed by atoms with Gasteiger partial charge >= 0.3 is 5.97 Å². The molecular formula is C5H12NO5P. The molecule has 0 aliphatic rings. The molecule has 5 N–H and O–H groups in total. The Morgan fingerprint density at radius 2 is 1.83 bits per heavy atom. The fourth-order valence-corrected chi connectivity index (χ4v) is 1.03. The van der Waals surface area contributed by atoms with Gasteiger partial charge in [-0.05, 0) is 0 Å². The maximum atomic E-state index is 10.6. The highest BCUT2D eigenvalue weighted by atomic mass is 31.2. The first-order chi connectivity index (χ1) is 4.83. The molecule has 0 amide bonds. The van der Waals surface area contributed by atoms with Crippen LogP contribution in [-0.2, 0) is 14.2 Å². The molecule has 0 aromatic carbocycles. The molecular weight excluding hydrogens is 185 g/mol. The molecule has 0 rings (SSSR count). The van der Waals surface area contributed by atoms with Crippen LogP contribution in [0.1, 0.15) is 6.42 Å². The fraction of sp³-hybridized carbons (Fsp3) is 0.600. The zero-order valence-corrected chi connectivity index (χ0v) is 7.58. The summed E-state index contributed by atoms with van der Waals surface area (Å²) in [5, 5.41) is 8.06. The highest BCUT2D eigenvalue weighted by Gasteiger charge is 2.16. The van der Waals surface area contributed by atoms with Crippen molar-refractivity contribution < 1.29 is 24.2 Å². The normalized spacial score (nSPS) is 14.2. The van der Waals surface area contributed by atoms with Crippen molar-refractivity contribution in [3.05, 3.63) is 0 Å². The lowest BCUT2D eigenvalue weighted by Crippen LogP contribution is -2.13. The predicted molar refractivity (Wildman–Crippen MR) is 42.9 cm³/mol. The first kappa shape index (κ1) is 13.9. The number of Topliss-reactive ketones (excluding diaryl/α,β-unsaturated/α-hetero) is 1. The van der Waals surface area contributed by atoms with Crippen LogP contribution < -0.4 is 6.15 Å². The van der Waals surface area contributed by atoms with Gasteiger partial charge < -0.3 is 16.2 Å². The molecule has 0 saturated heterocycles. The Kier molecular flexibility index (Phi) is 5.80. The van der Waals surface area contributed by atoms with Crippen LogP contribution >= 0.6 is 7.37 Å². The van der Waals surface area contributed by atoms with Gasteiger partial charge in [-0.3, -0.25) is 9.36 Å². The molecule has 72 valence electrons. The maximum Gasteiger partial charge on any atom is 0.372 e. The van der Waals surface area contributed by atoms with Crippen LogP contribution in [0.4, 0.5) is 0 Å². The number of carbonyl (C=O) groups is 2. The molecule has 0 radical (unpaired) electrons. The molecule has 0 aliphatic carbocycles.